The molecule has 0 aromatic heterocycles. The molecule has 0 bridgehead atoms. The Morgan fingerprint density at radius 3 is 2.56 bits per heavy atom. The van der Waals surface area contributed by atoms with Crippen LogP contribution in [0.5, 0.6) is 0 Å². The molecule has 1 nitrogen and oxygen atoms in total. The third-order valence-corrected chi connectivity index (χ3v) is 2.09. The van der Waals surface area contributed by atoms with Crippen LogP contribution in [0, 0.1) is 0 Å². The van der Waals surface area contributed by atoms with Crippen LogP contribution in [0.4, 0.5) is 4.39 Å². The molecule has 0 spiro atoms. The molecule has 0 aromatic rings. The molecule has 1 saturated carbocycles. The molecule has 1 aliphatic carbocycles. The van der Waals surface area contributed by atoms with Crippen molar-refractivity contribution in [3.63, 3.8) is 0 Å². The van der Waals surface area contributed by atoms with Crippen molar-refractivity contribution < 1.29 is 9.50 Å². The summed E-state index contributed by atoms with van der Waals surface area (Å²) in [5, 5.41) is 9.06. The molecular formula is C7H13FO. The summed E-state index contributed by atoms with van der Waals surface area (Å²) in [6.45, 7) is 1.48. The maximum atomic E-state index is 13.0. The zero-order valence-electron chi connectivity index (χ0n) is 5.73. The lowest BCUT2D eigenvalue weighted by Gasteiger charge is -2.30. The van der Waals surface area contributed by atoms with Crippen LogP contribution in [0.25, 0.3) is 0 Å². The molecule has 0 unspecified atom stereocenters. The first-order valence-corrected chi connectivity index (χ1v) is 3.50. The highest BCUT2D eigenvalue weighted by Crippen LogP contribution is 2.31. The second kappa shape index (κ2) is 2.25. The van der Waals surface area contributed by atoms with Crippen molar-refractivity contribution in [1.82, 2.24) is 0 Å². The average molecular weight is 132 g/mol. The van der Waals surface area contributed by atoms with Crippen molar-refractivity contribution in [2.75, 3.05) is 0 Å². The number of aliphatic hydroxyl groups is 1. The Morgan fingerprint density at radius 1 is 1.56 bits per heavy atom. The molecule has 2 atom stereocenters. The minimum Gasteiger partial charge on any atom is -0.390 e. The fourth-order valence-electron chi connectivity index (χ4n) is 1.28. The zero-order valence-corrected chi connectivity index (χ0v) is 5.73. The van der Waals surface area contributed by atoms with Gasteiger partial charge in [0.15, 0.2) is 0 Å². The summed E-state index contributed by atoms with van der Waals surface area (Å²) in [4.78, 5) is 0. The quantitative estimate of drug-likeness (QED) is 0.531. The Balaban J connectivity index is 2.49. The molecule has 1 fully saturated rings. The molecule has 9 heavy (non-hydrogen) atoms. The number of hydrogen-bond acceptors (Lipinski definition) is 1. The van der Waals surface area contributed by atoms with Gasteiger partial charge in [-0.15, -0.1) is 0 Å². The second-order valence-electron chi connectivity index (χ2n) is 3.04. The zero-order chi connectivity index (χ0) is 6.91. The third-order valence-electron chi connectivity index (χ3n) is 2.09. The molecule has 0 heterocycles. The van der Waals surface area contributed by atoms with Crippen molar-refractivity contribution in [2.24, 2.45) is 0 Å². The lowest BCUT2D eigenvalue weighted by molar-refractivity contribution is -0.0268. The molecule has 0 radical (unpaired) electrons. The standard InChI is InChI=1S/C7H13FO/c1-7(8)5-3-2-4-6(7)9/h6,9H,2-5H2,1H3/t6-,7-/m0/s1. The van der Waals surface area contributed by atoms with Crippen molar-refractivity contribution >= 4 is 0 Å². The second-order valence-corrected chi connectivity index (χ2v) is 3.04. The molecule has 54 valence electrons. The Morgan fingerprint density at radius 2 is 2.22 bits per heavy atom. The van der Waals surface area contributed by atoms with Crippen LogP contribution in [-0.4, -0.2) is 16.9 Å². The van der Waals surface area contributed by atoms with E-state index in [9.17, 15) is 4.39 Å². The number of aliphatic hydroxyl groups excluding tert-OH is 1. The molecule has 1 rings (SSSR count). The lowest BCUT2D eigenvalue weighted by atomic mass is 9.85. The van der Waals surface area contributed by atoms with Gasteiger partial charge in [-0.2, -0.15) is 0 Å². The maximum absolute atomic E-state index is 13.0. The minimum atomic E-state index is -1.31. The first-order valence-electron chi connectivity index (χ1n) is 3.50. The van der Waals surface area contributed by atoms with E-state index in [0.717, 1.165) is 12.8 Å². The molecule has 0 amide bonds. The summed E-state index contributed by atoms with van der Waals surface area (Å²) in [5.74, 6) is 0. The molecule has 1 N–H and O–H groups in total. The van der Waals surface area contributed by atoms with Gasteiger partial charge in [-0.3, -0.25) is 0 Å². The molecule has 0 saturated heterocycles. The van der Waals surface area contributed by atoms with Gasteiger partial charge in [0, 0.05) is 0 Å². The third kappa shape index (κ3) is 1.42. The number of hydrogen-bond donors (Lipinski definition) is 1. The average Bonchev–Trinajstić information content (AvgIpc) is 1.77. The first-order chi connectivity index (χ1) is 4.13. The molecule has 0 aliphatic heterocycles. The van der Waals surface area contributed by atoms with Gasteiger partial charge < -0.3 is 5.11 Å². The van der Waals surface area contributed by atoms with Gasteiger partial charge in [0.2, 0.25) is 0 Å². The number of rotatable bonds is 0. The number of alkyl halides is 1. The van der Waals surface area contributed by atoms with E-state index in [-0.39, 0.29) is 0 Å². The predicted octanol–water partition coefficient (Wildman–Crippen LogP) is 1.65. The van der Waals surface area contributed by atoms with E-state index in [1.807, 2.05) is 0 Å². The summed E-state index contributed by atoms with van der Waals surface area (Å²) in [6.07, 6.45) is 2.33. The van der Waals surface area contributed by atoms with Crippen LogP contribution in [-0.2, 0) is 0 Å². The summed E-state index contributed by atoms with van der Waals surface area (Å²) in [5.41, 5.74) is -1.31. The van der Waals surface area contributed by atoms with Crippen LogP contribution in [0.1, 0.15) is 32.6 Å². The van der Waals surface area contributed by atoms with Gasteiger partial charge in [0.05, 0.1) is 6.10 Å². The van der Waals surface area contributed by atoms with Crippen molar-refractivity contribution in [1.29, 1.82) is 0 Å². The van der Waals surface area contributed by atoms with Gasteiger partial charge in [-0.05, 0) is 19.8 Å². The predicted molar refractivity (Wildman–Crippen MR) is 34.0 cm³/mol. The Kier molecular flexibility index (Phi) is 1.75. The molecular weight excluding hydrogens is 119 g/mol. The van der Waals surface area contributed by atoms with E-state index in [0.29, 0.717) is 12.8 Å². The summed E-state index contributed by atoms with van der Waals surface area (Å²) in [6, 6.07) is 0. The fourth-order valence-corrected chi connectivity index (χ4v) is 1.28. The van der Waals surface area contributed by atoms with E-state index < -0.39 is 11.8 Å². The van der Waals surface area contributed by atoms with Crippen molar-refractivity contribution in [3.05, 3.63) is 0 Å². The van der Waals surface area contributed by atoms with E-state index in [4.69, 9.17) is 5.11 Å². The van der Waals surface area contributed by atoms with E-state index >= 15 is 0 Å². The minimum absolute atomic E-state index is 0.522. The van der Waals surface area contributed by atoms with Crippen molar-refractivity contribution in [2.45, 2.75) is 44.4 Å². The largest absolute Gasteiger partial charge is 0.390 e. The fraction of sp³-hybridized carbons (Fsp3) is 1.00. The summed E-state index contributed by atoms with van der Waals surface area (Å²) >= 11 is 0. The van der Waals surface area contributed by atoms with Gasteiger partial charge in [-0.1, -0.05) is 12.8 Å². The van der Waals surface area contributed by atoms with Crippen LogP contribution in [0.2, 0.25) is 0 Å². The number of halogens is 1. The van der Waals surface area contributed by atoms with Crippen LogP contribution in [0.3, 0.4) is 0 Å². The van der Waals surface area contributed by atoms with Gasteiger partial charge >= 0.3 is 0 Å². The summed E-state index contributed by atoms with van der Waals surface area (Å²) < 4.78 is 13.0. The first kappa shape index (κ1) is 7.00. The van der Waals surface area contributed by atoms with E-state index in [1.54, 1.807) is 0 Å². The monoisotopic (exact) mass is 132 g/mol. The topological polar surface area (TPSA) is 20.2 Å². The van der Waals surface area contributed by atoms with E-state index in [2.05, 4.69) is 0 Å². The summed E-state index contributed by atoms with van der Waals surface area (Å²) in [7, 11) is 0. The Hall–Kier alpha value is -0.110. The smallest absolute Gasteiger partial charge is 0.134 e. The lowest BCUT2D eigenvalue weighted by Crippen LogP contribution is -2.37. The molecule has 0 aromatic carbocycles. The van der Waals surface area contributed by atoms with E-state index in [1.165, 1.54) is 6.92 Å². The van der Waals surface area contributed by atoms with Crippen LogP contribution >= 0.6 is 0 Å². The van der Waals surface area contributed by atoms with Crippen LogP contribution < -0.4 is 0 Å². The van der Waals surface area contributed by atoms with Crippen molar-refractivity contribution in [3.8, 4) is 0 Å². The molecule has 2 heteroatoms. The molecule has 1 aliphatic rings. The highest BCUT2D eigenvalue weighted by Gasteiger charge is 2.34. The van der Waals surface area contributed by atoms with Crippen LogP contribution in [0.15, 0.2) is 0 Å². The highest BCUT2D eigenvalue weighted by molar-refractivity contribution is 4.85. The highest BCUT2D eigenvalue weighted by atomic mass is 19.1. The van der Waals surface area contributed by atoms with Gasteiger partial charge in [-0.25, -0.2) is 4.39 Å². The SMILES string of the molecule is C[C@]1(F)CCCC[C@@H]1O. The Labute approximate surface area is 54.9 Å². The normalized spacial score (nSPS) is 45.0. The van der Waals surface area contributed by atoms with Gasteiger partial charge in [0.1, 0.15) is 5.67 Å². The maximum Gasteiger partial charge on any atom is 0.134 e. The van der Waals surface area contributed by atoms with Gasteiger partial charge in [0.25, 0.3) is 0 Å². The Bertz CT molecular complexity index is 101.